The van der Waals surface area contributed by atoms with E-state index in [2.05, 4.69) is 60.8 Å². The number of amides is 3. The van der Waals surface area contributed by atoms with Crippen molar-refractivity contribution >= 4 is 144 Å². The predicted octanol–water partition coefficient (Wildman–Crippen LogP) is 2.77. The molecule has 0 aliphatic carbocycles. The fourth-order valence-corrected chi connectivity index (χ4v) is 19.5. The van der Waals surface area contributed by atoms with E-state index in [1.807, 2.05) is 0 Å². The lowest BCUT2D eigenvalue weighted by Gasteiger charge is -2.35. The van der Waals surface area contributed by atoms with Crippen LogP contribution in [-0.2, 0) is 97.2 Å². The lowest BCUT2D eigenvalue weighted by molar-refractivity contribution is -0.118. The molecule has 15 N–H and O–H groups in total. The zero-order chi connectivity index (χ0) is 85.8. The Morgan fingerprint density at radius 1 is 0.487 bits per heavy atom. The molecule has 0 bridgehead atoms. The molecule has 6 aromatic rings. The van der Waals surface area contributed by atoms with Crippen molar-refractivity contribution in [2.45, 2.75) is 155 Å². The van der Waals surface area contributed by atoms with E-state index in [1.165, 1.54) is 53.5 Å². The van der Waals surface area contributed by atoms with Crippen LogP contribution in [0.5, 0.6) is 0 Å². The van der Waals surface area contributed by atoms with Gasteiger partial charge in [-0.1, -0.05) is 76.8 Å². The number of carbonyl (C=O) groups is 6. The zero-order valence-corrected chi connectivity index (χ0v) is 70.4. The largest absolute Gasteiger partial charge is 0.475 e. The summed E-state index contributed by atoms with van der Waals surface area (Å²) in [6.45, 7) is 19.1. The van der Waals surface area contributed by atoms with Crippen LogP contribution >= 0.6 is 58.8 Å². The number of rotatable bonds is 27. The average molecular weight is 1770 g/mol. The van der Waals surface area contributed by atoms with Crippen molar-refractivity contribution < 1.29 is 127 Å². The fourth-order valence-electron chi connectivity index (χ4n) is 12.2. The molecular weight excluding hydrogens is 1680 g/mol. The van der Waals surface area contributed by atoms with Crippen molar-refractivity contribution in [1.82, 2.24) is 74.5 Å². The number of nitrogens with zero attached hydrogens (tertiary/aromatic N) is 9. The molecule has 0 spiro atoms. The van der Waals surface area contributed by atoms with E-state index >= 15 is 0 Å². The van der Waals surface area contributed by atoms with Crippen LogP contribution in [0.1, 0.15) is 102 Å². The lowest BCUT2D eigenvalue weighted by Crippen LogP contribution is -2.47. The first-order valence-electron chi connectivity index (χ1n) is 36.1. The first-order chi connectivity index (χ1) is 54.8. The normalized spacial score (nSPS) is 28.8. The summed E-state index contributed by atoms with van der Waals surface area (Å²) in [4.78, 5) is 140. The maximum Gasteiger partial charge on any atom is 0.475 e. The quantitative estimate of drug-likeness (QED) is 0.0200. The van der Waals surface area contributed by atoms with Gasteiger partial charge in [0.25, 0.3) is 16.7 Å². The smallest absolute Gasteiger partial charge is 0.450 e. The van der Waals surface area contributed by atoms with Crippen molar-refractivity contribution in [1.29, 1.82) is 0 Å². The number of hydrogen-bond donors (Lipinski definition) is 12. The Kier molecular flexibility index (Phi) is 28.8. The van der Waals surface area contributed by atoms with Crippen LogP contribution in [0.15, 0.2) is 33.4 Å². The number of aliphatic hydroxyl groups is 3. The highest BCUT2D eigenvalue weighted by Gasteiger charge is 2.63. The van der Waals surface area contributed by atoms with Gasteiger partial charge in [-0.25, -0.2) is 43.0 Å². The van der Waals surface area contributed by atoms with Gasteiger partial charge in [-0.15, -0.1) is 0 Å². The Morgan fingerprint density at radius 3 is 0.974 bits per heavy atom. The summed E-state index contributed by atoms with van der Waals surface area (Å²) in [7, 11) is -12.4. The molecule has 54 heteroatoms. The SMILES string of the molecule is CCOC(=O)NCC(C)(C)C(=O)SCCOP1(=O)OC[C@H]2O[C@@H](n3cnc4c(=O)[nH]c(N)nc43)[C@](C)(O)[C@@H]2O1.CCOC(=O)NCC(C)(C)C(=O)SCCO[P@@]1(=O)OC[C@H]2O[C@@H](n3cnc4c(=O)[nH]c(N)nc43)[C@](C)(O)[C@@H]2O1.CCOC(=O)NCC(C)(C)C(=O)SCCO[P@]1(=O)OC[C@H]2O[C@@H](n3cnc4c(=O)[nH]c(N)nc43)[C@](C)(O)[C@@H]2O1. The van der Waals surface area contributed by atoms with E-state index in [0.717, 1.165) is 35.3 Å². The maximum absolute atomic E-state index is 13.2. The van der Waals surface area contributed by atoms with Gasteiger partial charge in [0.05, 0.1) is 94.7 Å². The summed E-state index contributed by atoms with van der Waals surface area (Å²) >= 11 is 2.82. The molecule has 3 amide bonds. The number of phosphoric ester groups is 3. The summed E-state index contributed by atoms with van der Waals surface area (Å²) < 4.78 is 125. The van der Waals surface area contributed by atoms with E-state index in [-0.39, 0.29) is 163 Å². The first kappa shape index (κ1) is 91.7. The second kappa shape index (κ2) is 36.8. The average Bonchev–Trinajstić information content (AvgIpc) is 1.59. The minimum Gasteiger partial charge on any atom is -0.450 e. The van der Waals surface area contributed by atoms with Crippen molar-refractivity contribution in [3.63, 3.8) is 0 Å². The lowest BCUT2D eigenvalue weighted by atomic mass is 9.96. The molecule has 6 aromatic heterocycles. The molecule has 648 valence electrons. The van der Waals surface area contributed by atoms with Gasteiger partial charge < -0.3 is 76.9 Å². The molecule has 6 saturated heterocycles. The number of ether oxygens (including phenoxy) is 6. The number of thioether (sulfide) groups is 3. The Balaban J connectivity index is 0.000000185. The Hall–Kier alpha value is -7.59. The monoisotopic (exact) mass is 1770 g/mol. The van der Waals surface area contributed by atoms with Gasteiger partial charge in [0, 0.05) is 36.9 Å². The van der Waals surface area contributed by atoms with Gasteiger partial charge in [0.1, 0.15) is 53.4 Å². The number of carbonyl (C=O) groups excluding carboxylic acids is 6. The number of fused-ring (bicyclic) bond motifs is 6. The summed E-state index contributed by atoms with van der Waals surface area (Å²) in [5, 5.41) is 41.0. The highest BCUT2D eigenvalue weighted by molar-refractivity contribution is 8.14. The molecular formula is C63H93N18O30P3S3. The standard InChI is InChI=1S/3C21H31N6O10PS/c3*1-5-33-19(30)23-9-20(2,3)17(29)39-7-6-34-38(32)35-8-11-13(37-38)21(4,31)16(36-11)27-10-24-12-14(27)25-18(22)26-15(12)28/h3*10-11,13,16,31H,5-9H2,1-4H3,(H,23,30)(H3,22,25,26,28)/t11-,13-,16-,21-,38?;11-,13-,16-,21-,38+;11-,13-,16-,21-,38-/m111/s1. The van der Waals surface area contributed by atoms with Crippen LogP contribution in [0.4, 0.5) is 32.2 Å². The molecule has 48 nitrogen and oxygen atoms in total. The van der Waals surface area contributed by atoms with Crippen LogP contribution in [0, 0.1) is 16.2 Å². The minimum atomic E-state index is -4.12. The first-order valence-corrected chi connectivity index (χ1v) is 43.4. The van der Waals surface area contributed by atoms with Crippen LogP contribution in [-0.4, -0.2) is 257 Å². The number of alkyl carbamates (subject to hydrolysis) is 3. The maximum atomic E-state index is 13.2. The number of phosphoric acid groups is 3. The highest BCUT2D eigenvalue weighted by atomic mass is 32.2. The summed E-state index contributed by atoms with van der Waals surface area (Å²) in [5.41, 5.74) is 7.60. The topological polar surface area (TPSA) is 658 Å². The minimum absolute atomic E-state index is 0.00320. The van der Waals surface area contributed by atoms with Gasteiger partial charge in [-0.05, 0) is 41.5 Å². The highest BCUT2D eigenvalue weighted by Crippen LogP contribution is 2.62. The predicted molar refractivity (Wildman–Crippen MR) is 413 cm³/mol. The van der Waals surface area contributed by atoms with Crippen LogP contribution in [0.2, 0.25) is 0 Å². The van der Waals surface area contributed by atoms with E-state index in [1.54, 1.807) is 62.3 Å². The summed E-state index contributed by atoms with van der Waals surface area (Å²) in [6.07, 6.45) is -7.23. The number of imidazole rings is 3. The number of nitrogen functional groups attached to an aromatic ring is 3. The van der Waals surface area contributed by atoms with Gasteiger partial charge >= 0.3 is 41.7 Å². The molecule has 15 atom stereocenters. The van der Waals surface area contributed by atoms with Crippen molar-refractivity contribution in [3.05, 3.63) is 50.0 Å². The van der Waals surface area contributed by atoms with Crippen LogP contribution in [0.25, 0.3) is 33.5 Å². The van der Waals surface area contributed by atoms with Crippen LogP contribution < -0.4 is 49.8 Å². The third-order valence-electron chi connectivity index (χ3n) is 18.4. The molecule has 12 heterocycles. The van der Waals surface area contributed by atoms with Gasteiger partial charge in [-0.3, -0.25) is 98.1 Å². The van der Waals surface area contributed by atoms with Gasteiger partial charge in [0.15, 0.2) is 67.5 Å². The van der Waals surface area contributed by atoms with Crippen molar-refractivity contribution in [3.8, 4) is 0 Å². The number of nitrogens with two attached hydrogens (primary N) is 3. The third-order valence-corrected chi connectivity index (χ3v) is 26.3. The number of hydrogen-bond acceptors (Lipinski definition) is 42. The van der Waals surface area contributed by atoms with Crippen LogP contribution in [0.3, 0.4) is 0 Å². The number of anilines is 3. The van der Waals surface area contributed by atoms with E-state index < -0.39 is 147 Å². The number of aromatic nitrogens is 12. The number of nitrogens with one attached hydrogen (secondary N) is 6. The molecule has 6 aliphatic rings. The molecule has 1 unspecified atom stereocenters. The summed E-state index contributed by atoms with van der Waals surface area (Å²) in [6, 6.07) is 0. The van der Waals surface area contributed by atoms with Crippen molar-refractivity contribution in [2.24, 2.45) is 16.2 Å². The molecule has 0 aromatic carbocycles. The molecule has 6 aliphatic heterocycles. The van der Waals surface area contributed by atoms with Crippen molar-refractivity contribution in [2.75, 3.05) is 114 Å². The Morgan fingerprint density at radius 2 is 0.735 bits per heavy atom. The fraction of sp³-hybridized carbons (Fsp3) is 0.667. The van der Waals surface area contributed by atoms with E-state index in [0.29, 0.717) is 0 Å². The second-order valence-corrected chi connectivity index (χ2v) is 37.2. The van der Waals surface area contributed by atoms with Gasteiger partial charge in [-0.2, -0.15) is 15.0 Å². The van der Waals surface area contributed by atoms with E-state index in [4.69, 9.17) is 86.3 Å². The Bertz CT molecular complexity index is 4520. The Labute approximate surface area is 677 Å². The molecule has 6 fully saturated rings. The number of aromatic amines is 3. The molecule has 117 heavy (non-hydrogen) atoms. The number of H-pyrrole nitrogens is 3. The third kappa shape index (κ3) is 21.1. The molecule has 0 saturated carbocycles. The molecule has 12 rings (SSSR count). The van der Waals surface area contributed by atoms with Gasteiger partial charge in [0.2, 0.25) is 17.8 Å². The zero-order valence-electron chi connectivity index (χ0n) is 65.2. The van der Waals surface area contributed by atoms with E-state index in [9.17, 15) is 72.2 Å². The second-order valence-electron chi connectivity index (χ2n) is 29.2. The summed E-state index contributed by atoms with van der Waals surface area (Å²) in [5.74, 6) is -0.0367. The molecule has 0 radical (unpaired) electrons.